The van der Waals surface area contributed by atoms with Crippen LogP contribution in [0.4, 0.5) is 11.6 Å². The number of nitrogens with zero attached hydrogens (tertiary/aromatic N) is 4. The van der Waals surface area contributed by atoms with Crippen molar-refractivity contribution in [1.82, 2.24) is 14.7 Å². The number of benzene rings is 2. The van der Waals surface area contributed by atoms with Crippen LogP contribution in [0.25, 0.3) is 0 Å². The zero-order valence-corrected chi connectivity index (χ0v) is 24.5. The molecule has 2 aliphatic rings. The summed E-state index contributed by atoms with van der Waals surface area (Å²) in [5.74, 6) is 0.772. The molecule has 5 rings (SSSR count). The van der Waals surface area contributed by atoms with Gasteiger partial charge in [0.2, 0.25) is 5.95 Å². The van der Waals surface area contributed by atoms with E-state index in [4.69, 9.17) is 4.98 Å². The number of hydrogen-bond acceptors (Lipinski definition) is 8. The monoisotopic (exact) mass is 591 g/mol. The van der Waals surface area contributed by atoms with Crippen LogP contribution in [0, 0.1) is 22.0 Å². The van der Waals surface area contributed by atoms with Gasteiger partial charge >= 0.3 is 0 Å². The van der Waals surface area contributed by atoms with Crippen LogP contribution >= 0.6 is 0 Å². The second kappa shape index (κ2) is 13.4. The van der Waals surface area contributed by atoms with E-state index in [1.807, 2.05) is 10.8 Å². The summed E-state index contributed by atoms with van der Waals surface area (Å²) in [4.78, 5) is 34.8. The van der Waals surface area contributed by atoms with Gasteiger partial charge < -0.3 is 4.90 Å². The van der Waals surface area contributed by atoms with E-state index in [1.165, 1.54) is 43.2 Å². The normalized spacial score (nSPS) is 16.7. The summed E-state index contributed by atoms with van der Waals surface area (Å²) in [5.41, 5.74) is 1.32. The van der Waals surface area contributed by atoms with E-state index in [1.54, 1.807) is 0 Å². The van der Waals surface area contributed by atoms with E-state index >= 15 is 0 Å². The van der Waals surface area contributed by atoms with Crippen molar-refractivity contribution in [1.29, 1.82) is 0 Å². The molecule has 2 heterocycles. The van der Waals surface area contributed by atoms with Gasteiger partial charge in [0.05, 0.1) is 16.2 Å². The quantitative estimate of drug-likeness (QED) is 0.242. The van der Waals surface area contributed by atoms with Crippen molar-refractivity contribution in [3.8, 4) is 0 Å². The van der Waals surface area contributed by atoms with Gasteiger partial charge in [0.25, 0.3) is 21.6 Å². The van der Waals surface area contributed by atoms with Gasteiger partial charge in [-0.2, -0.15) is 0 Å². The van der Waals surface area contributed by atoms with Crippen molar-refractivity contribution < 1.29 is 18.1 Å². The van der Waals surface area contributed by atoms with Crippen molar-refractivity contribution in [2.75, 3.05) is 18.0 Å². The number of piperidine rings is 1. The molecule has 0 bridgehead atoms. The third-order valence-corrected chi connectivity index (χ3v) is 9.84. The number of nitro groups is 1. The van der Waals surface area contributed by atoms with E-state index in [0.29, 0.717) is 29.9 Å². The van der Waals surface area contributed by atoms with E-state index in [9.17, 15) is 23.3 Å². The molecule has 2 fully saturated rings. The first-order valence-corrected chi connectivity index (χ1v) is 16.2. The lowest BCUT2D eigenvalue weighted by atomic mass is 9.85. The van der Waals surface area contributed by atoms with Crippen molar-refractivity contribution in [3.05, 3.63) is 87.7 Å². The number of amides is 1. The number of sulfonamides is 1. The second-order valence-electron chi connectivity index (χ2n) is 11.4. The predicted octanol–water partition coefficient (Wildman–Crippen LogP) is 5.48. The molecule has 1 saturated heterocycles. The first kappa shape index (κ1) is 29.6. The highest BCUT2D eigenvalue weighted by molar-refractivity contribution is 7.90. The van der Waals surface area contributed by atoms with Gasteiger partial charge in [-0.3, -0.25) is 14.9 Å². The maximum Gasteiger partial charge on any atom is 0.289 e. The number of carbonyl (C=O) groups excluding carboxylic acids is 1. The fraction of sp³-hybridized carbons (Fsp3) is 0.452. The van der Waals surface area contributed by atoms with Crippen LogP contribution < -0.4 is 9.62 Å². The average Bonchev–Trinajstić information content (AvgIpc) is 3.01. The van der Waals surface area contributed by atoms with Gasteiger partial charge in [0, 0.05) is 25.4 Å². The molecule has 3 aromatic rings. The molecule has 1 aliphatic carbocycles. The van der Waals surface area contributed by atoms with Crippen molar-refractivity contribution >= 4 is 27.6 Å². The van der Waals surface area contributed by atoms with Gasteiger partial charge in [-0.15, -0.1) is 0 Å². The SMILES string of the molecule is O=C(NS(=O)(=O)c1ccccc1[N+](=O)[O-])c1cnc(N2CCC(Cc3ccccc3)CC2)nc1CCC1CCCCC1. The molecule has 0 radical (unpaired) electrons. The second-order valence-corrected chi connectivity index (χ2v) is 13.0. The maximum atomic E-state index is 13.3. The Morgan fingerprint density at radius 2 is 1.64 bits per heavy atom. The summed E-state index contributed by atoms with van der Waals surface area (Å²) in [6, 6.07) is 15.4. The number of hydrogen-bond donors (Lipinski definition) is 1. The number of nitrogens with one attached hydrogen (secondary N) is 1. The third kappa shape index (κ3) is 7.31. The molecule has 1 N–H and O–H groups in total. The molecule has 1 amide bonds. The van der Waals surface area contributed by atoms with Gasteiger partial charge in [-0.25, -0.2) is 23.1 Å². The van der Waals surface area contributed by atoms with Crippen LogP contribution in [0.1, 0.15) is 73.0 Å². The summed E-state index contributed by atoms with van der Waals surface area (Å²) in [6.07, 6.45) is 11.7. The molecule has 1 aliphatic heterocycles. The van der Waals surface area contributed by atoms with Crippen molar-refractivity contribution in [3.63, 3.8) is 0 Å². The third-order valence-electron chi connectivity index (χ3n) is 8.46. The standard InChI is InChI=1S/C31H37N5O5S/c37-30(34-42(40,41)29-14-8-7-13-28(29)36(38)39)26-22-32-31(33-27(26)16-15-23-9-3-1-4-10-23)35-19-17-25(18-20-35)21-24-11-5-2-6-12-24/h2,5-8,11-14,22-23,25H,1,3-4,9-10,15-21H2,(H,34,37). The van der Waals surface area contributed by atoms with E-state index < -0.39 is 31.4 Å². The van der Waals surface area contributed by atoms with Crippen LogP contribution in [0.5, 0.6) is 0 Å². The molecule has 42 heavy (non-hydrogen) atoms. The Morgan fingerprint density at radius 1 is 0.952 bits per heavy atom. The molecule has 222 valence electrons. The lowest BCUT2D eigenvalue weighted by Gasteiger charge is -2.32. The topological polar surface area (TPSA) is 135 Å². The number of carbonyl (C=O) groups is 1. The smallest absolute Gasteiger partial charge is 0.289 e. The molecule has 10 nitrogen and oxygen atoms in total. The highest BCUT2D eigenvalue weighted by Crippen LogP contribution is 2.29. The summed E-state index contributed by atoms with van der Waals surface area (Å²) in [6.45, 7) is 1.61. The Hall–Kier alpha value is -3.86. The van der Waals surface area contributed by atoms with Gasteiger partial charge in [0.15, 0.2) is 4.90 Å². The largest absolute Gasteiger partial charge is 0.341 e. The molecule has 1 saturated carbocycles. The lowest BCUT2D eigenvalue weighted by Crippen LogP contribution is -2.36. The minimum Gasteiger partial charge on any atom is -0.341 e. The zero-order valence-electron chi connectivity index (χ0n) is 23.7. The van der Waals surface area contributed by atoms with Gasteiger partial charge in [-0.05, 0) is 55.6 Å². The molecular weight excluding hydrogens is 554 g/mol. The first-order chi connectivity index (χ1) is 20.3. The minimum absolute atomic E-state index is 0.0793. The number of aromatic nitrogens is 2. The predicted molar refractivity (Wildman–Crippen MR) is 160 cm³/mol. The molecule has 0 unspecified atom stereocenters. The zero-order chi connectivity index (χ0) is 29.5. The Balaban J connectivity index is 1.33. The van der Waals surface area contributed by atoms with Crippen molar-refractivity contribution in [2.45, 2.75) is 69.1 Å². The van der Waals surface area contributed by atoms with E-state index in [-0.39, 0.29) is 5.56 Å². The molecule has 11 heteroatoms. The Kier molecular flexibility index (Phi) is 9.46. The first-order valence-electron chi connectivity index (χ1n) is 14.8. The lowest BCUT2D eigenvalue weighted by molar-refractivity contribution is -0.387. The molecule has 2 aromatic carbocycles. The Morgan fingerprint density at radius 3 is 2.36 bits per heavy atom. The molecule has 1 aromatic heterocycles. The number of para-hydroxylation sites is 1. The summed E-state index contributed by atoms with van der Waals surface area (Å²) >= 11 is 0. The van der Waals surface area contributed by atoms with Crippen molar-refractivity contribution in [2.24, 2.45) is 11.8 Å². The van der Waals surface area contributed by atoms with Crippen LogP contribution in [-0.2, 0) is 22.9 Å². The van der Waals surface area contributed by atoms with Crippen LogP contribution in [-0.4, -0.2) is 42.3 Å². The summed E-state index contributed by atoms with van der Waals surface area (Å²) in [5, 5.41) is 11.4. The maximum absolute atomic E-state index is 13.3. The average molecular weight is 592 g/mol. The number of nitro benzene ring substituents is 1. The van der Waals surface area contributed by atoms with Gasteiger partial charge in [0.1, 0.15) is 0 Å². The molecule has 0 spiro atoms. The number of rotatable bonds is 10. The molecular formula is C31H37N5O5S. The van der Waals surface area contributed by atoms with E-state index in [2.05, 4.69) is 34.1 Å². The highest BCUT2D eigenvalue weighted by Gasteiger charge is 2.29. The number of anilines is 1. The highest BCUT2D eigenvalue weighted by atomic mass is 32.2. The summed E-state index contributed by atoms with van der Waals surface area (Å²) in [7, 11) is -4.51. The number of aryl methyl sites for hydroxylation is 1. The Labute approximate surface area is 246 Å². The van der Waals surface area contributed by atoms with Crippen LogP contribution in [0.2, 0.25) is 0 Å². The minimum atomic E-state index is -4.51. The Bertz CT molecular complexity index is 1500. The summed E-state index contributed by atoms with van der Waals surface area (Å²) < 4.78 is 28.1. The van der Waals surface area contributed by atoms with Crippen LogP contribution in [0.3, 0.4) is 0 Å². The fourth-order valence-corrected chi connectivity index (χ4v) is 7.25. The van der Waals surface area contributed by atoms with E-state index in [0.717, 1.165) is 63.7 Å². The van der Waals surface area contributed by atoms with Crippen LogP contribution in [0.15, 0.2) is 65.7 Å². The fourth-order valence-electron chi connectivity index (χ4n) is 6.11. The van der Waals surface area contributed by atoms with Gasteiger partial charge in [-0.1, -0.05) is 74.6 Å². The molecule has 0 atom stereocenters.